The Morgan fingerprint density at radius 2 is 1.23 bits per heavy atom. The van der Waals surface area contributed by atoms with Crippen molar-refractivity contribution in [1.29, 1.82) is 0 Å². The first-order chi connectivity index (χ1) is 19.7. The smallest absolute Gasteiger partial charge is 0.195 e. The number of Topliss-reactive ketones (excluding diaryl/α,β-unsaturated/α-hetero) is 1. The van der Waals surface area contributed by atoms with Crippen LogP contribution in [-0.4, -0.2) is 26.1 Å². The molecule has 200 valence electrons. The molecular formula is C36H32O4. The summed E-state index contributed by atoms with van der Waals surface area (Å²) in [5, 5.41) is 0. The molecule has 0 aliphatic heterocycles. The first-order valence-corrected chi connectivity index (χ1v) is 13.3. The topological polar surface area (TPSA) is 44.8 Å². The Kier molecular flexibility index (Phi) is 8.69. The minimum atomic E-state index is -0.809. The van der Waals surface area contributed by atoms with Gasteiger partial charge in [0.05, 0.1) is 19.8 Å². The summed E-state index contributed by atoms with van der Waals surface area (Å²) in [7, 11) is 3.15. The first-order valence-electron chi connectivity index (χ1n) is 13.3. The van der Waals surface area contributed by atoms with Gasteiger partial charge in [-0.2, -0.15) is 0 Å². The van der Waals surface area contributed by atoms with E-state index in [1.165, 1.54) is 0 Å². The van der Waals surface area contributed by atoms with Gasteiger partial charge >= 0.3 is 0 Å². The Morgan fingerprint density at radius 1 is 0.650 bits per heavy atom. The Labute approximate surface area is 235 Å². The maximum atomic E-state index is 14.4. The van der Waals surface area contributed by atoms with Gasteiger partial charge in [-0.25, -0.2) is 0 Å². The van der Waals surface area contributed by atoms with Crippen LogP contribution in [0.25, 0.3) is 11.1 Å². The fraction of sp³-hybridized carbons (Fsp3) is 0.139. The largest absolute Gasteiger partial charge is 0.497 e. The second-order valence-corrected chi connectivity index (χ2v) is 9.48. The lowest BCUT2D eigenvalue weighted by Crippen LogP contribution is -2.30. The van der Waals surface area contributed by atoms with Gasteiger partial charge in [0, 0.05) is 6.42 Å². The van der Waals surface area contributed by atoms with Gasteiger partial charge in [0.2, 0.25) is 0 Å². The highest BCUT2D eigenvalue weighted by Crippen LogP contribution is 2.33. The second kappa shape index (κ2) is 12.9. The second-order valence-electron chi connectivity index (χ2n) is 9.48. The van der Waals surface area contributed by atoms with E-state index in [1.807, 2.05) is 91.0 Å². The summed E-state index contributed by atoms with van der Waals surface area (Å²) in [5.41, 5.74) is 5.54. The number of methoxy groups -OCH3 is 2. The van der Waals surface area contributed by atoms with Crippen molar-refractivity contribution in [3.8, 4) is 22.6 Å². The lowest BCUT2D eigenvalue weighted by atomic mass is 9.92. The number of hydrogen-bond donors (Lipinski definition) is 0. The average Bonchev–Trinajstić information content (AvgIpc) is 3.03. The highest BCUT2D eigenvalue weighted by atomic mass is 16.5. The number of hydrogen-bond acceptors (Lipinski definition) is 4. The van der Waals surface area contributed by atoms with Crippen molar-refractivity contribution < 1.29 is 19.0 Å². The summed E-state index contributed by atoms with van der Waals surface area (Å²) in [4.78, 5) is 14.4. The summed E-state index contributed by atoms with van der Waals surface area (Å²) in [6.07, 6.45) is -0.881. The van der Waals surface area contributed by atoms with E-state index in [1.54, 1.807) is 32.4 Å². The first kappa shape index (κ1) is 26.9. The maximum Gasteiger partial charge on any atom is 0.195 e. The third kappa shape index (κ3) is 6.14. The van der Waals surface area contributed by atoms with Crippen LogP contribution in [0.15, 0.2) is 133 Å². The predicted octanol–water partition coefficient (Wildman–Crippen LogP) is 7.97. The van der Waals surface area contributed by atoms with Crippen molar-refractivity contribution in [1.82, 2.24) is 0 Å². The fourth-order valence-corrected chi connectivity index (χ4v) is 4.95. The molecule has 0 heterocycles. The molecule has 0 aliphatic carbocycles. The van der Waals surface area contributed by atoms with Crippen LogP contribution in [0.3, 0.4) is 0 Å². The zero-order chi connectivity index (χ0) is 27.7. The molecule has 0 radical (unpaired) electrons. The monoisotopic (exact) mass is 528 g/mol. The van der Waals surface area contributed by atoms with Crippen molar-refractivity contribution in [2.45, 2.75) is 18.6 Å². The molecule has 0 spiro atoms. The zero-order valence-electron chi connectivity index (χ0n) is 22.7. The molecule has 0 aliphatic rings. The Morgan fingerprint density at radius 3 is 1.82 bits per heavy atom. The van der Waals surface area contributed by atoms with Gasteiger partial charge in [0.25, 0.3) is 0 Å². The highest BCUT2D eigenvalue weighted by molar-refractivity contribution is 6.02. The van der Waals surface area contributed by atoms with E-state index >= 15 is 0 Å². The third-order valence-electron chi connectivity index (χ3n) is 6.98. The maximum absolute atomic E-state index is 14.4. The molecule has 0 aromatic heterocycles. The van der Waals surface area contributed by atoms with Gasteiger partial charge in [-0.05, 0) is 46.0 Å². The number of rotatable bonds is 11. The molecule has 1 atom stereocenters. The summed E-state index contributed by atoms with van der Waals surface area (Å²) < 4.78 is 17.9. The number of carbonyl (C=O) groups excluding carboxylic acids is 1. The third-order valence-corrected chi connectivity index (χ3v) is 6.98. The summed E-state index contributed by atoms with van der Waals surface area (Å²) >= 11 is 0. The number of ketones is 1. The summed E-state index contributed by atoms with van der Waals surface area (Å²) in [5.74, 6) is 0.887. The molecule has 5 rings (SSSR count). The standard InChI is InChI=1S/C36H32O4/c1-38-30-22-23-33(39-2)32(25-30)35(37)34(24-29-20-12-13-21-31(29)26-14-6-3-7-15-26)40-36(27-16-8-4-9-17-27)28-18-10-5-11-19-28/h3-23,25,34,36H,24H2,1-2H3/t34-/m0/s1. The van der Waals surface area contributed by atoms with Crippen LogP contribution in [0.1, 0.15) is 33.2 Å². The van der Waals surface area contributed by atoms with Gasteiger partial charge in [0.1, 0.15) is 23.7 Å². The highest BCUT2D eigenvalue weighted by Gasteiger charge is 2.30. The number of carbonyl (C=O) groups is 1. The van der Waals surface area contributed by atoms with Crippen LogP contribution in [-0.2, 0) is 11.2 Å². The molecular weight excluding hydrogens is 496 g/mol. The average molecular weight is 529 g/mol. The van der Waals surface area contributed by atoms with E-state index in [-0.39, 0.29) is 5.78 Å². The molecule has 0 saturated heterocycles. The van der Waals surface area contributed by atoms with E-state index in [4.69, 9.17) is 14.2 Å². The van der Waals surface area contributed by atoms with E-state index in [2.05, 4.69) is 24.3 Å². The Hall–Kier alpha value is -4.67. The van der Waals surface area contributed by atoms with Crippen LogP contribution in [0.5, 0.6) is 11.5 Å². The van der Waals surface area contributed by atoms with Crippen molar-refractivity contribution in [2.24, 2.45) is 0 Å². The van der Waals surface area contributed by atoms with Gasteiger partial charge in [-0.3, -0.25) is 4.79 Å². The molecule has 5 aromatic rings. The van der Waals surface area contributed by atoms with Gasteiger partial charge in [-0.15, -0.1) is 0 Å². The molecule has 5 aromatic carbocycles. The van der Waals surface area contributed by atoms with E-state index < -0.39 is 12.2 Å². The SMILES string of the molecule is COc1ccc(OC)c(C(=O)[C@H](Cc2ccccc2-c2ccccc2)OC(c2ccccc2)c2ccccc2)c1. The lowest BCUT2D eigenvalue weighted by molar-refractivity contribution is 0.0128. The molecule has 0 amide bonds. The molecule has 0 bridgehead atoms. The van der Waals surface area contributed by atoms with Crippen molar-refractivity contribution in [3.05, 3.63) is 156 Å². The Balaban J connectivity index is 1.61. The summed E-state index contributed by atoms with van der Waals surface area (Å²) in [6.45, 7) is 0. The van der Waals surface area contributed by atoms with Crippen LogP contribution in [0, 0.1) is 0 Å². The minimum absolute atomic E-state index is 0.171. The molecule has 40 heavy (non-hydrogen) atoms. The zero-order valence-corrected chi connectivity index (χ0v) is 22.7. The molecule has 0 unspecified atom stereocenters. The molecule has 4 nitrogen and oxygen atoms in total. The van der Waals surface area contributed by atoms with E-state index in [9.17, 15) is 4.79 Å². The van der Waals surface area contributed by atoms with Crippen LogP contribution in [0.4, 0.5) is 0 Å². The van der Waals surface area contributed by atoms with Crippen molar-refractivity contribution in [3.63, 3.8) is 0 Å². The minimum Gasteiger partial charge on any atom is -0.497 e. The van der Waals surface area contributed by atoms with Gasteiger partial charge in [0.15, 0.2) is 5.78 Å². The molecule has 0 fully saturated rings. The molecule has 0 N–H and O–H groups in total. The molecule has 0 saturated carbocycles. The van der Waals surface area contributed by atoms with Crippen LogP contribution in [0.2, 0.25) is 0 Å². The Bertz CT molecular complexity index is 1490. The molecule has 4 heteroatoms. The van der Waals surface area contributed by atoms with Crippen LogP contribution < -0.4 is 9.47 Å². The van der Waals surface area contributed by atoms with E-state index in [0.717, 1.165) is 27.8 Å². The van der Waals surface area contributed by atoms with Crippen LogP contribution >= 0.6 is 0 Å². The number of ether oxygens (including phenoxy) is 3. The van der Waals surface area contributed by atoms with E-state index in [0.29, 0.717) is 23.5 Å². The predicted molar refractivity (Wildman–Crippen MR) is 159 cm³/mol. The number of benzene rings is 5. The van der Waals surface area contributed by atoms with Gasteiger partial charge < -0.3 is 14.2 Å². The van der Waals surface area contributed by atoms with Crippen molar-refractivity contribution >= 4 is 5.78 Å². The fourth-order valence-electron chi connectivity index (χ4n) is 4.95. The van der Waals surface area contributed by atoms with Crippen molar-refractivity contribution in [2.75, 3.05) is 14.2 Å². The van der Waals surface area contributed by atoms with Gasteiger partial charge in [-0.1, -0.05) is 115 Å². The lowest BCUT2D eigenvalue weighted by Gasteiger charge is -2.26. The normalized spacial score (nSPS) is 11.7. The quantitative estimate of drug-likeness (QED) is 0.163. The summed E-state index contributed by atoms with van der Waals surface area (Å²) in [6, 6.07) is 43.7.